The average Bonchev–Trinajstić information content (AvgIpc) is 2.30. The number of hydrogen-bond donors (Lipinski definition) is 4. The summed E-state index contributed by atoms with van der Waals surface area (Å²) in [7, 11) is 0. The lowest BCUT2D eigenvalue weighted by molar-refractivity contribution is -0.141. The molecule has 0 aliphatic heterocycles. The molecule has 2 amide bonds. The van der Waals surface area contributed by atoms with Gasteiger partial charge < -0.3 is 21.5 Å². The molecule has 0 aromatic carbocycles. The summed E-state index contributed by atoms with van der Waals surface area (Å²) in [4.78, 5) is 32.9. The van der Waals surface area contributed by atoms with Crippen molar-refractivity contribution >= 4 is 17.8 Å². The van der Waals surface area contributed by atoms with Crippen LogP contribution in [-0.4, -0.2) is 42.0 Å². The molecule has 5 N–H and O–H groups in total. The van der Waals surface area contributed by atoms with Gasteiger partial charge in [0.2, 0.25) is 11.8 Å². The second-order valence-electron chi connectivity index (χ2n) is 3.58. The number of carboxylic acid groups (broad SMARTS) is 1. The van der Waals surface area contributed by atoms with E-state index in [1.54, 1.807) is 0 Å². The predicted octanol–water partition coefficient (Wildman–Crippen LogP) is -1.18. The number of aliphatic carboxylic acids is 1. The Morgan fingerprint density at radius 2 is 1.94 bits per heavy atom. The molecule has 0 bridgehead atoms. The lowest BCUT2D eigenvalue weighted by atomic mass is 10.1. The van der Waals surface area contributed by atoms with E-state index in [9.17, 15) is 14.4 Å². The predicted molar refractivity (Wildman–Crippen MR) is 61.2 cm³/mol. The molecule has 98 valence electrons. The van der Waals surface area contributed by atoms with Crippen LogP contribution in [0.2, 0.25) is 0 Å². The summed E-state index contributed by atoms with van der Waals surface area (Å²) in [6, 6.07) is -0.905. The monoisotopic (exact) mass is 245 g/mol. The molecular formula is C10H19N3O4. The van der Waals surface area contributed by atoms with E-state index >= 15 is 0 Å². The van der Waals surface area contributed by atoms with Gasteiger partial charge in [0.1, 0.15) is 6.04 Å². The van der Waals surface area contributed by atoms with Gasteiger partial charge in [-0.3, -0.25) is 9.59 Å². The minimum atomic E-state index is -1.07. The highest BCUT2D eigenvalue weighted by Crippen LogP contribution is 2.00. The third-order valence-electron chi connectivity index (χ3n) is 2.11. The standard InChI is InChI=1S/C10H19N3O4/c1-2-3-4-7(10(16)17)13-9(15)6-12-8(14)5-11/h7H,2-6,11H2,1H3,(H,12,14)(H,13,15)(H,16,17). The number of nitrogens with one attached hydrogen (secondary N) is 2. The first kappa shape index (κ1) is 15.4. The minimum absolute atomic E-state index is 0.203. The van der Waals surface area contributed by atoms with Crippen molar-refractivity contribution in [1.82, 2.24) is 10.6 Å². The molecule has 7 nitrogen and oxygen atoms in total. The zero-order valence-electron chi connectivity index (χ0n) is 9.86. The molecule has 0 aromatic rings. The SMILES string of the molecule is CCCCC(NC(=O)CNC(=O)CN)C(=O)O. The van der Waals surface area contributed by atoms with Gasteiger partial charge >= 0.3 is 5.97 Å². The number of unbranched alkanes of at least 4 members (excludes halogenated alkanes) is 1. The van der Waals surface area contributed by atoms with E-state index in [0.29, 0.717) is 12.8 Å². The molecule has 17 heavy (non-hydrogen) atoms. The van der Waals surface area contributed by atoms with Crippen LogP contribution in [0, 0.1) is 0 Å². The summed E-state index contributed by atoms with van der Waals surface area (Å²) in [6.07, 6.45) is 1.94. The molecule has 0 spiro atoms. The number of carbonyl (C=O) groups excluding carboxylic acids is 2. The first-order valence-corrected chi connectivity index (χ1v) is 5.50. The van der Waals surface area contributed by atoms with Crippen molar-refractivity contribution in [3.8, 4) is 0 Å². The van der Waals surface area contributed by atoms with Crippen molar-refractivity contribution in [3.63, 3.8) is 0 Å². The van der Waals surface area contributed by atoms with Gasteiger partial charge in [-0.15, -0.1) is 0 Å². The number of hydrogen-bond acceptors (Lipinski definition) is 4. The van der Waals surface area contributed by atoms with Gasteiger partial charge in [-0.05, 0) is 6.42 Å². The molecule has 0 fully saturated rings. The zero-order valence-corrected chi connectivity index (χ0v) is 9.86. The van der Waals surface area contributed by atoms with Crippen molar-refractivity contribution < 1.29 is 19.5 Å². The maximum absolute atomic E-state index is 11.3. The van der Waals surface area contributed by atoms with Crippen molar-refractivity contribution in [2.45, 2.75) is 32.2 Å². The number of rotatable bonds is 8. The maximum atomic E-state index is 11.3. The largest absolute Gasteiger partial charge is 0.480 e. The fourth-order valence-corrected chi connectivity index (χ4v) is 1.16. The fraction of sp³-hybridized carbons (Fsp3) is 0.700. The molecule has 0 heterocycles. The summed E-state index contributed by atoms with van der Waals surface area (Å²) in [5.74, 6) is -2.06. The smallest absolute Gasteiger partial charge is 0.326 e. The van der Waals surface area contributed by atoms with Crippen LogP contribution in [0.25, 0.3) is 0 Å². The topological polar surface area (TPSA) is 122 Å². The third-order valence-corrected chi connectivity index (χ3v) is 2.11. The van der Waals surface area contributed by atoms with E-state index in [4.69, 9.17) is 10.8 Å². The van der Waals surface area contributed by atoms with Crippen LogP contribution in [0.15, 0.2) is 0 Å². The van der Waals surface area contributed by atoms with Gasteiger partial charge in [0, 0.05) is 0 Å². The molecular weight excluding hydrogens is 226 g/mol. The Labute approximate surface area is 99.7 Å². The van der Waals surface area contributed by atoms with Crippen LogP contribution >= 0.6 is 0 Å². The Morgan fingerprint density at radius 3 is 2.41 bits per heavy atom. The minimum Gasteiger partial charge on any atom is -0.480 e. The van der Waals surface area contributed by atoms with Crippen molar-refractivity contribution in [2.24, 2.45) is 5.73 Å². The highest BCUT2D eigenvalue weighted by Gasteiger charge is 2.18. The van der Waals surface area contributed by atoms with Crippen molar-refractivity contribution in [3.05, 3.63) is 0 Å². The molecule has 0 saturated heterocycles. The molecule has 7 heteroatoms. The maximum Gasteiger partial charge on any atom is 0.326 e. The Hall–Kier alpha value is -1.63. The van der Waals surface area contributed by atoms with E-state index in [1.807, 2.05) is 6.92 Å². The molecule has 0 saturated carbocycles. The second-order valence-corrected chi connectivity index (χ2v) is 3.58. The lowest BCUT2D eigenvalue weighted by Gasteiger charge is -2.14. The zero-order chi connectivity index (χ0) is 13.3. The first-order valence-electron chi connectivity index (χ1n) is 5.50. The van der Waals surface area contributed by atoms with E-state index in [-0.39, 0.29) is 13.1 Å². The van der Waals surface area contributed by atoms with Crippen LogP contribution in [0.5, 0.6) is 0 Å². The Kier molecular flexibility index (Phi) is 7.70. The van der Waals surface area contributed by atoms with Gasteiger partial charge in [-0.2, -0.15) is 0 Å². The summed E-state index contributed by atoms with van der Waals surface area (Å²) in [5, 5.41) is 13.5. The summed E-state index contributed by atoms with van der Waals surface area (Å²) < 4.78 is 0. The van der Waals surface area contributed by atoms with E-state index in [1.165, 1.54) is 0 Å². The van der Waals surface area contributed by atoms with Crippen LogP contribution in [-0.2, 0) is 14.4 Å². The Bertz CT molecular complexity index is 281. The molecule has 1 atom stereocenters. The second kappa shape index (κ2) is 8.51. The third kappa shape index (κ3) is 7.29. The van der Waals surface area contributed by atoms with Gasteiger partial charge in [-0.1, -0.05) is 19.8 Å². The van der Waals surface area contributed by atoms with E-state index < -0.39 is 23.8 Å². The van der Waals surface area contributed by atoms with Crippen molar-refractivity contribution in [2.75, 3.05) is 13.1 Å². The van der Waals surface area contributed by atoms with E-state index in [2.05, 4.69) is 10.6 Å². The van der Waals surface area contributed by atoms with Crippen LogP contribution in [0.1, 0.15) is 26.2 Å². The summed E-state index contributed by atoms with van der Waals surface area (Å²) in [5.41, 5.74) is 5.04. The number of carbonyl (C=O) groups is 3. The summed E-state index contributed by atoms with van der Waals surface area (Å²) >= 11 is 0. The van der Waals surface area contributed by atoms with Gasteiger partial charge in [0.05, 0.1) is 13.1 Å². The molecule has 0 aliphatic rings. The molecule has 0 aliphatic carbocycles. The average molecular weight is 245 g/mol. The van der Waals surface area contributed by atoms with E-state index in [0.717, 1.165) is 6.42 Å². The summed E-state index contributed by atoms with van der Waals surface area (Å²) in [6.45, 7) is 1.47. The molecule has 0 aromatic heterocycles. The fourth-order valence-electron chi connectivity index (χ4n) is 1.16. The Balaban J connectivity index is 4.03. The quantitative estimate of drug-likeness (QED) is 0.429. The van der Waals surface area contributed by atoms with Gasteiger partial charge in [0.25, 0.3) is 0 Å². The highest BCUT2D eigenvalue weighted by molar-refractivity contribution is 5.88. The number of carboxylic acids is 1. The first-order chi connectivity index (χ1) is 8.01. The highest BCUT2D eigenvalue weighted by atomic mass is 16.4. The molecule has 1 unspecified atom stereocenters. The van der Waals surface area contributed by atoms with Crippen LogP contribution < -0.4 is 16.4 Å². The normalized spacial score (nSPS) is 11.6. The van der Waals surface area contributed by atoms with Crippen LogP contribution in [0.3, 0.4) is 0 Å². The number of amides is 2. The van der Waals surface area contributed by atoms with Crippen molar-refractivity contribution in [1.29, 1.82) is 0 Å². The number of nitrogens with two attached hydrogens (primary N) is 1. The van der Waals surface area contributed by atoms with Gasteiger partial charge in [0.15, 0.2) is 0 Å². The van der Waals surface area contributed by atoms with Crippen LogP contribution in [0.4, 0.5) is 0 Å². The molecule has 0 radical (unpaired) electrons. The Morgan fingerprint density at radius 1 is 1.29 bits per heavy atom. The lowest BCUT2D eigenvalue weighted by Crippen LogP contribution is -2.46. The molecule has 0 rings (SSSR count). The van der Waals surface area contributed by atoms with Gasteiger partial charge in [-0.25, -0.2) is 4.79 Å².